The standard InChI is InChI=1S/C33H37N3O3/c1-22(2)31-30(33(38)35-26-12-8-5-9-13-26)29(24-10-6-4-7-11-24)32(25-16-14-23(3)15-17-25)36(31)19-18-28-20-27(37)21-34-39-28/h4-17,22,27-28,34,37H,18-21H2,1-3H3,(H,35,38)/t27-,28?/m1/s1. The molecule has 3 aromatic carbocycles. The second-order valence-electron chi connectivity index (χ2n) is 10.6. The first-order valence-corrected chi connectivity index (χ1v) is 13.7. The number of aryl methyl sites for hydroxylation is 1. The van der Waals surface area contributed by atoms with E-state index in [1.54, 1.807) is 0 Å². The third-order valence-corrected chi connectivity index (χ3v) is 7.28. The Hall–Kier alpha value is -3.71. The van der Waals surface area contributed by atoms with Crippen molar-refractivity contribution in [3.63, 3.8) is 0 Å². The summed E-state index contributed by atoms with van der Waals surface area (Å²) in [6.45, 7) is 7.45. The number of nitrogens with zero attached hydrogens (tertiary/aromatic N) is 1. The molecule has 2 atom stereocenters. The Labute approximate surface area is 230 Å². The number of hydrogen-bond acceptors (Lipinski definition) is 4. The van der Waals surface area contributed by atoms with E-state index in [-0.39, 0.29) is 17.9 Å². The van der Waals surface area contributed by atoms with Crippen LogP contribution in [0.5, 0.6) is 0 Å². The minimum atomic E-state index is -0.429. The fourth-order valence-corrected chi connectivity index (χ4v) is 5.46. The smallest absolute Gasteiger partial charge is 0.258 e. The molecule has 6 heteroatoms. The lowest BCUT2D eigenvalue weighted by Gasteiger charge is -2.27. The molecule has 6 nitrogen and oxygen atoms in total. The van der Waals surface area contributed by atoms with Crippen LogP contribution < -0.4 is 10.8 Å². The number of carbonyl (C=O) groups excluding carboxylic acids is 1. The van der Waals surface area contributed by atoms with Crippen molar-refractivity contribution in [1.29, 1.82) is 0 Å². The van der Waals surface area contributed by atoms with E-state index in [0.29, 0.717) is 31.5 Å². The molecule has 39 heavy (non-hydrogen) atoms. The molecular formula is C33H37N3O3. The van der Waals surface area contributed by atoms with Crippen LogP contribution in [0.25, 0.3) is 22.4 Å². The monoisotopic (exact) mass is 523 g/mol. The quantitative estimate of drug-likeness (QED) is 0.245. The SMILES string of the molecule is Cc1ccc(-c2c(-c3ccccc3)c(C(=O)Nc3ccccc3)c(C(C)C)n2CCC2C[C@@H](O)CNO2)cc1. The number of aliphatic hydroxyl groups is 1. The van der Waals surface area contributed by atoms with Crippen molar-refractivity contribution in [1.82, 2.24) is 10.0 Å². The van der Waals surface area contributed by atoms with Gasteiger partial charge in [0.1, 0.15) is 0 Å². The van der Waals surface area contributed by atoms with Crippen molar-refractivity contribution in [3.05, 3.63) is 102 Å². The molecule has 202 valence electrons. The van der Waals surface area contributed by atoms with Crippen molar-refractivity contribution in [2.24, 2.45) is 0 Å². The van der Waals surface area contributed by atoms with Gasteiger partial charge in [-0.1, -0.05) is 92.2 Å². The zero-order valence-corrected chi connectivity index (χ0v) is 22.9. The molecule has 0 aliphatic carbocycles. The molecule has 1 aliphatic heterocycles. The fraction of sp³-hybridized carbons (Fsp3) is 0.303. The zero-order valence-electron chi connectivity index (χ0n) is 22.9. The lowest BCUT2D eigenvalue weighted by atomic mass is 9.94. The third kappa shape index (κ3) is 5.98. The van der Waals surface area contributed by atoms with Gasteiger partial charge in [0.2, 0.25) is 0 Å². The number of carbonyl (C=O) groups is 1. The van der Waals surface area contributed by atoms with Crippen LogP contribution in [-0.2, 0) is 11.4 Å². The highest BCUT2D eigenvalue weighted by atomic mass is 16.7. The van der Waals surface area contributed by atoms with Crippen LogP contribution in [0.2, 0.25) is 0 Å². The Morgan fingerprint density at radius 1 is 1.00 bits per heavy atom. The van der Waals surface area contributed by atoms with Crippen LogP contribution in [-0.4, -0.2) is 34.3 Å². The van der Waals surface area contributed by atoms with Crippen LogP contribution in [0, 0.1) is 6.92 Å². The minimum Gasteiger partial charge on any atom is -0.392 e. The Morgan fingerprint density at radius 2 is 1.67 bits per heavy atom. The van der Waals surface area contributed by atoms with Gasteiger partial charge in [-0.3, -0.25) is 9.63 Å². The molecule has 4 aromatic rings. The number of amides is 1. The van der Waals surface area contributed by atoms with Crippen molar-refractivity contribution in [3.8, 4) is 22.4 Å². The summed E-state index contributed by atoms with van der Waals surface area (Å²) in [5.41, 5.74) is 10.5. The van der Waals surface area contributed by atoms with Gasteiger partial charge in [-0.25, -0.2) is 0 Å². The predicted octanol–water partition coefficient (Wildman–Crippen LogP) is 6.55. The summed E-state index contributed by atoms with van der Waals surface area (Å²) in [6.07, 6.45) is 0.731. The van der Waals surface area contributed by atoms with Gasteiger partial charge in [-0.05, 0) is 42.5 Å². The average Bonchev–Trinajstić information content (AvgIpc) is 3.29. The normalized spacial score (nSPS) is 17.4. The Kier molecular flexibility index (Phi) is 8.27. The van der Waals surface area contributed by atoms with Gasteiger partial charge in [-0.15, -0.1) is 0 Å². The number of benzene rings is 3. The molecule has 2 heterocycles. The summed E-state index contributed by atoms with van der Waals surface area (Å²) in [5.74, 6) is -0.0407. The molecular weight excluding hydrogens is 486 g/mol. The number of hydroxylamine groups is 1. The van der Waals surface area contributed by atoms with Gasteiger partial charge >= 0.3 is 0 Å². The fourth-order valence-electron chi connectivity index (χ4n) is 5.46. The largest absolute Gasteiger partial charge is 0.392 e. The van der Waals surface area contributed by atoms with E-state index in [1.807, 2.05) is 48.5 Å². The van der Waals surface area contributed by atoms with E-state index in [9.17, 15) is 9.90 Å². The predicted molar refractivity (Wildman–Crippen MR) is 157 cm³/mol. The van der Waals surface area contributed by atoms with E-state index in [2.05, 4.69) is 72.5 Å². The molecule has 1 fully saturated rings. The number of aliphatic hydroxyl groups excluding tert-OH is 1. The van der Waals surface area contributed by atoms with E-state index >= 15 is 0 Å². The highest BCUT2D eigenvalue weighted by Crippen LogP contribution is 2.42. The van der Waals surface area contributed by atoms with Gasteiger partial charge < -0.3 is 15.0 Å². The molecule has 3 N–H and O–H groups in total. The molecule has 0 spiro atoms. The molecule has 1 unspecified atom stereocenters. The first kappa shape index (κ1) is 26.9. The van der Waals surface area contributed by atoms with E-state index in [4.69, 9.17) is 4.84 Å². The van der Waals surface area contributed by atoms with E-state index in [0.717, 1.165) is 33.8 Å². The summed E-state index contributed by atoms with van der Waals surface area (Å²) in [5, 5.41) is 13.3. The summed E-state index contributed by atoms with van der Waals surface area (Å²) in [6, 6.07) is 28.3. The summed E-state index contributed by atoms with van der Waals surface area (Å²) in [7, 11) is 0. The highest BCUT2D eigenvalue weighted by molar-refractivity contribution is 6.12. The van der Waals surface area contributed by atoms with Gasteiger partial charge in [0.25, 0.3) is 5.91 Å². The number of para-hydroxylation sites is 1. The second kappa shape index (κ2) is 12.0. The Bertz CT molecular complexity index is 1400. The molecule has 1 aromatic heterocycles. The van der Waals surface area contributed by atoms with Crippen molar-refractivity contribution in [2.45, 2.75) is 58.3 Å². The average molecular weight is 524 g/mol. The number of anilines is 1. The summed E-state index contributed by atoms with van der Waals surface area (Å²) < 4.78 is 2.31. The zero-order chi connectivity index (χ0) is 27.4. The highest BCUT2D eigenvalue weighted by Gasteiger charge is 2.31. The van der Waals surface area contributed by atoms with Gasteiger partial charge in [-0.2, -0.15) is 5.48 Å². The maximum atomic E-state index is 14.1. The van der Waals surface area contributed by atoms with E-state index in [1.165, 1.54) is 5.56 Å². The van der Waals surface area contributed by atoms with Crippen molar-refractivity contribution in [2.75, 3.05) is 11.9 Å². The molecule has 0 saturated carbocycles. The number of hydrogen-bond donors (Lipinski definition) is 3. The van der Waals surface area contributed by atoms with E-state index < -0.39 is 6.10 Å². The van der Waals surface area contributed by atoms with Gasteiger partial charge in [0, 0.05) is 36.5 Å². The van der Waals surface area contributed by atoms with Crippen LogP contribution in [0.3, 0.4) is 0 Å². The summed E-state index contributed by atoms with van der Waals surface area (Å²) in [4.78, 5) is 19.9. The van der Waals surface area contributed by atoms with Crippen molar-refractivity contribution < 1.29 is 14.7 Å². The number of aromatic nitrogens is 1. The molecule has 1 amide bonds. The Morgan fingerprint density at radius 3 is 2.31 bits per heavy atom. The number of β-amino-alcohol motifs (C(OH)–C–C–N with tert-alkyl or cyclic N) is 1. The Balaban J connectivity index is 1.71. The molecule has 1 aliphatic rings. The topological polar surface area (TPSA) is 75.5 Å². The first-order chi connectivity index (χ1) is 18.9. The van der Waals surface area contributed by atoms with Gasteiger partial charge in [0.15, 0.2) is 0 Å². The number of rotatable bonds is 8. The van der Waals surface area contributed by atoms with Crippen LogP contribution >= 0.6 is 0 Å². The maximum Gasteiger partial charge on any atom is 0.258 e. The maximum absolute atomic E-state index is 14.1. The second-order valence-corrected chi connectivity index (χ2v) is 10.6. The van der Waals surface area contributed by atoms with Crippen LogP contribution in [0.1, 0.15) is 54.2 Å². The van der Waals surface area contributed by atoms with Crippen LogP contribution in [0.4, 0.5) is 5.69 Å². The molecule has 1 saturated heterocycles. The molecule has 0 bridgehead atoms. The lowest BCUT2D eigenvalue weighted by molar-refractivity contribution is -0.100. The minimum absolute atomic E-state index is 0.0826. The third-order valence-electron chi connectivity index (χ3n) is 7.28. The van der Waals surface area contributed by atoms with Crippen molar-refractivity contribution >= 4 is 11.6 Å². The molecule has 0 radical (unpaired) electrons. The molecule has 5 rings (SSSR count). The number of nitrogens with one attached hydrogen (secondary N) is 2. The van der Waals surface area contributed by atoms with Gasteiger partial charge in [0.05, 0.1) is 23.5 Å². The van der Waals surface area contributed by atoms with Crippen LogP contribution in [0.15, 0.2) is 84.9 Å². The first-order valence-electron chi connectivity index (χ1n) is 13.7. The summed E-state index contributed by atoms with van der Waals surface area (Å²) >= 11 is 0. The lowest BCUT2D eigenvalue weighted by Crippen LogP contribution is -2.40.